The highest BCUT2D eigenvalue weighted by molar-refractivity contribution is 5.82. The Morgan fingerprint density at radius 2 is 1.95 bits per heavy atom. The second-order valence-corrected chi connectivity index (χ2v) is 6.72. The van der Waals surface area contributed by atoms with E-state index in [1.54, 1.807) is 0 Å². The Labute approximate surface area is 126 Å². The summed E-state index contributed by atoms with van der Waals surface area (Å²) in [5, 5.41) is 1.24. The number of rotatable bonds is 3. The molecule has 1 aromatic carbocycles. The van der Waals surface area contributed by atoms with Crippen LogP contribution in [0.1, 0.15) is 36.6 Å². The largest absolute Gasteiger partial charge is 0.461 e. The van der Waals surface area contributed by atoms with Crippen molar-refractivity contribution >= 4 is 11.0 Å². The van der Waals surface area contributed by atoms with E-state index in [0.717, 1.165) is 23.2 Å². The normalized spacial score (nSPS) is 27.3. The van der Waals surface area contributed by atoms with Crippen LogP contribution in [0.3, 0.4) is 0 Å². The molecule has 2 fully saturated rings. The first-order chi connectivity index (χ1) is 10.3. The standard InChI is InChI=1S/C18H24N2O/c1-12-18(15-7-2-3-8-17(15)21-12)16(9-19)20-10-13-5-4-6-14(13)11-20/h2-3,7-8,13-14,16H,4-6,9-11,19H2,1H3. The maximum atomic E-state index is 6.17. The molecule has 3 nitrogen and oxygen atoms in total. The van der Waals surface area contributed by atoms with E-state index >= 15 is 0 Å². The maximum Gasteiger partial charge on any atom is 0.134 e. The van der Waals surface area contributed by atoms with Crippen LogP contribution in [0, 0.1) is 18.8 Å². The van der Waals surface area contributed by atoms with Crippen LogP contribution in [-0.4, -0.2) is 24.5 Å². The number of hydrogen-bond acceptors (Lipinski definition) is 3. The Bertz CT molecular complexity index is 636. The fraction of sp³-hybridized carbons (Fsp3) is 0.556. The lowest BCUT2D eigenvalue weighted by molar-refractivity contribution is 0.231. The maximum absolute atomic E-state index is 6.17. The fourth-order valence-corrected chi connectivity index (χ4v) is 4.58. The topological polar surface area (TPSA) is 42.4 Å². The Morgan fingerprint density at radius 3 is 2.67 bits per heavy atom. The molecule has 3 atom stereocenters. The highest BCUT2D eigenvalue weighted by Gasteiger charge is 2.39. The highest BCUT2D eigenvalue weighted by atomic mass is 16.3. The van der Waals surface area contributed by atoms with Gasteiger partial charge >= 0.3 is 0 Å². The molecular formula is C18H24N2O. The van der Waals surface area contributed by atoms with Gasteiger partial charge in [-0.25, -0.2) is 0 Å². The average molecular weight is 284 g/mol. The molecule has 1 saturated carbocycles. The molecule has 0 amide bonds. The number of benzene rings is 1. The molecule has 21 heavy (non-hydrogen) atoms. The van der Waals surface area contributed by atoms with E-state index < -0.39 is 0 Å². The molecule has 0 bridgehead atoms. The number of aryl methyl sites for hydroxylation is 1. The van der Waals surface area contributed by atoms with Crippen molar-refractivity contribution in [3.63, 3.8) is 0 Å². The number of furan rings is 1. The van der Waals surface area contributed by atoms with Crippen LogP contribution in [0.25, 0.3) is 11.0 Å². The molecule has 2 N–H and O–H groups in total. The Balaban J connectivity index is 1.70. The molecule has 1 aliphatic heterocycles. The summed E-state index contributed by atoms with van der Waals surface area (Å²) >= 11 is 0. The van der Waals surface area contributed by atoms with E-state index in [1.165, 1.54) is 43.3 Å². The van der Waals surface area contributed by atoms with Crippen molar-refractivity contribution in [1.29, 1.82) is 0 Å². The minimum Gasteiger partial charge on any atom is -0.461 e. The van der Waals surface area contributed by atoms with Gasteiger partial charge in [-0.15, -0.1) is 0 Å². The Hall–Kier alpha value is -1.32. The third-order valence-corrected chi connectivity index (χ3v) is 5.57. The molecule has 2 heterocycles. The predicted molar refractivity (Wildman–Crippen MR) is 85.2 cm³/mol. The summed E-state index contributed by atoms with van der Waals surface area (Å²) in [6, 6.07) is 8.65. The zero-order valence-corrected chi connectivity index (χ0v) is 12.7. The van der Waals surface area contributed by atoms with E-state index in [2.05, 4.69) is 30.0 Å². The van der Waals surface area contributed by atoms with Crippen LogP contribution in [0.15, 0.2) is 28.7 Å². The van der Waals surface area contributed by atoms with Gasteiger partial charge in [0.25, 0.3) is 0 Å². The minimum atomic E-state index is 0.305. The molecule has 0 radical (unpaired) electrons. The Morgan fingerprint density at radius 1 is 1.24 bits per heavy atom. The van der Waals surface area contributed by atoms with Gasteiger partial charge in [0.1, 0.15) is 11.3 Å². The molecule has 112 valence electrons. The lowest BCUT2D eigenvalue weighted by Crippen LogP contribution is -2.33. The molecule has 3 heteroatoms. The summed E-state index contributed by atoms with van der Waals surface area (Å²) < 4.78 is 5.95. The monoisotopic (exact) mass is 284 g/mol. The van der Waals surface area contributed by atoms with Crippen molar-refractivity contribution < 1.29 is 4.42 Å². The molecule has 2 aromatic rings. The van der Waals surface area contributed by atoms with Gasteiger partial charge in [-0.1, -0.05) is 24.6 Å². The first-order valence-electron chi connectivity index (χ1n) is 8.20. The van der Waals surface area contributed by atoms with Crippen molar-refractivity contribution in [3.05, 3.63) is 35.6 Å². The van der Waals surface area contributed by atoms with Crippen molar-refractivity contribution in [2.45, 2.75) is 32.2 Å². The van der Waals surface area contributed by atoms with Gasteiger partial charge in [-0.2, -0.15) is 0 Å². The molecular weight excluding hydrogens is 260 g/mol. The summed E-state index contributed by atoms with van der Waals surface area (Å²) in [5.41, 5.74) is 8.47. The third-order valence-electron chi connectivity index (χ3n) is 5.57. The van der Waals surface area contributed by atoms with Crippen LogP contribution < -0.4 is 5.73 Å². The number of nitrogens with two attached hydrogens (primary N) is 1. The van der Waals surface area contributed by atoms with Crippen LogP contribution in [0.2, 0.25) is 0 Å². The van der Waals surface area contributed by atoms with Crippen LogP contribution in [-0.2, 0) is 0 Å². The number of hydrogen-bond donors (Lipinski definition) is 1. The molecule has 1 saturated heterocycles. The molecule has 0 spiro atoms. The van der Waals surface area contributed by atoms with Gasteiger partial charge in [-0.05, 0) is 37.7 Å². The highest BCUT2D eigenvalue weighted by Crippen LogP contribution is 2.42. The number of fused-ring (bicyclic) bond motifs is 2. The van der Waals surface area contributed by atoms with E-state index in [0.29, 0.717) is 12.6 Å². The van der Waals surface area contributed by atoms with Crippen molar-refractivity contribution in [1.82, 2.24) is 4.90 Å². The summed E-state index contributed by atoms with van der Waals surface area (Å²) in [6.45, 7) is 5.18. The number of para-hydroxylation sites is 1. The van der Waals surface area contributed by atoms with Gasteiger partial charge in [0.15, 0.2) is 0 Å². The first kappa shape index (κ1) is 13.4. The zero-order chi connectivity index (χ0) is 14.4. The first-order valence-corrected chi connectivity index (χ1v) is 8.20. The van der Waals surface area contributed by atoms with Gasteiger partial charge in [0.2, 0.25) is 0 Å². The van der Waals surface area contributed by atoms with Crippen molar-refractivity contribution in [3.8, 4) is 0 Å². The Kier molecular flexibility index (Phi) is 3.27. The zero-order valence-electron chi connectivity index (χ0n) is 12.7. The van der Waals surface area contributed by atoms with Gasteiger partial charge < -0.3 is 10.2 Å². The van der Waals surface area contributed by atoms with Gasteiger partial charge in [0.05, 0.1) is 6.04 Å². The molecule has 3 unspecified atom stereocenters. The van der Waals surface area contributed by atoms with Gasteiger partial charge in [0, 0.05) is 30.6 Å². The van der Waals surface area contributed by atoms with E-state index in [9.17, 15) is 0 Å². The lowest BCUT2D eigenvalue weighted by atomic mass is 10.0. The summed E-state index contributed by atoms with van der Waals surface area (Å²) in [7, 11) is 0. The third kappa shape index (κ3) is 2.11. The van der Waals surface area contributed by atoms with E-state index in [1.807, 2.05) is 6.07 Å². The molecule has 4 rings (SSSR count). The number of nitrogens with zero attached hydrogens (tertiary/aromatic N) is 1. The van der Waals surface area contributed by atoms with Crippen molar-refractivity contribution in [2.75, 3.05) is 19.6 Å². The van der Waals surface area contributed by atoms with Crippen LogP contribution >= 0.6 is 0 Å². The smallest absolute Gasteiger partial charge is 0.134 e. The van der Waals surface area contributed by atoms with E-state index in [-0.39, 0.29) is 0 Å². The SMILES string of the molecule is Cc1oc2ccccc2c1C(CN)N1CC2CCCC2C1. The minimum absolute atomic E-state index is 0.305. The quantitative estimate of drug-likeness (QED) is 0.938. The summed E-state index contributed by atoms with van der Waals surface area (Å²) in [4.78, 5) is 2.61. The predicted octanol–water partition coefficient (Wildman–Crippen LogP) is 3.47. The second-order valence-electron chi connectivity index (χ2n) is 6.72. The fourth-order valence-electron chi connectivity index (χ4n) is 4.58. The van der Waals surface area contributed by atoms with Crippen molar-refractivity contribution in [2.24, 2.45) is 17.6 Å². The second kappa shape index (κ2) is 5.15. The summed E-state index contributed by atoms with van der Waals surface area (Å²) in [5.74, 6) is 2.83. The average Bonchev–Trinajstić information content (AvgIpc) is 3.13. The summed E-state index contributed by atoms with van der Waals surface area (Å²) in [6.07, 6.45) is 4.23. The molecule has 2 aliphatic rings. The van der Waals surface area contributed by atoms with Crippen LogP contribution in [0.5, 0.6) is 0 Å². The molecule has 1 aromatic heterocycles. The van der Waals surface area contributed by atoms with Crippen LogP contribution in [0.4, 0.5) is 0 Å². The van der Waals surface area contributed by atoms with Gasteiger partial charge in [-0.3, -0.25) is 4.90 Å². The van der Waals surface area contributed by atoms with E-state index in [4.69, 9.17) is 10.2 Å². The lowest BCUT2D eigenvalue weighted by Gasteiger charge is -2.27. The number of likely N-dealkylation sites (tertiary alicyclic amines) is 1. The molecule has 1 aliphatic carbocycles.